The Kier molecular flexibility index (Phi) is 1.80. The zero-order valence-electron chi connectivity index (χ0n) is 8.60. The molecule has 0 saturated heterocycles. The molecule has 1 aromatic carbocycles. The van der Waals surface area contributed by atoms with Crippen LogP contribution in [0.1, 0.15) is 18.4 Å². The van der Waals surface area contributed by atoms with Crippen LogP contribution in [0.3, 0.4) is 0 Å². The molecule has 0 atom stereocenters. The summed E-state index contributed by atoms with van der Waals surface area (Å²) < 4.78 is 40.1. The summed E-state index contributed by atoms with van der Waals surface area (Å²) in [6, 6.07) is 3.95. The summed E-state index contributed by atoms with van der Waals surface area (Å²) in [6.45, 7) is 0. The predicted octanol–water partition coefficient (Wildman–Crippen LogP) is 2.57. The standard InChI is InChI=1S/C11H8F3NO2/c12-11(13,14)17-6-1-2-8-7(5-6)10(3-4-10)9(16)15-8/h1-2,5H,3-4H2,(H,15,16). The Balaban J connectivity index is 1.98. The Morgan fingerprint density at radius 2 is 2.00 bits per heavy atom. The first-order chi connectivity index (χ1) is 7.91. The minimum absolute atomic E-state index is 0.128. The zero-order chi connectivity index (χ0) is 12.3. The number of amides is 1. The van der Waals surface area contributed by atoms with Gasteiger partial charge in [0.1, 0.15) is 5.75 Å². The maximum atomic E-state index is 12.1. The molecule has 1 aliphatic heterocycles. The van der Waals surface area contributed by atoms with Gasteiger partial charge >= 0.3 is 6.36 Å². The summed E-state index contributed by atoms with van der Waals surface area (Å²) >= 11 is 0. The van der Waals surface area contributed by atoms with E-state index in [1.165, 1.54) is 18.2 Å². The third kappa shape index (κ3) is 1.55. The van der Waals surface area contributed by atoms with Crippen LogP contribution in [0, 0.1) is 0 Å². The lowest BCUT2D eigenvalue weighted by Gasteiger charge is -2.11. The van der Waals surface area contributed by atoms with Crippen molar-refractivity contribution in [3.05, 3.63) is 23.8 Å². The van der Waals surface area contributed by atoms with Gasteiger partial charge in [-0.05, 0) is 36.6 Å². The van der Waals surface area contributed by atoms with E-state index in [0.717, 1.165) is 0 Å². The van der Waals surface area contributed by atoms with Crippen molar-refractivity contribution >= 4 is 11.6 Å². The third-order valence-corrected chi connectivity index (χ3v) is 3.17. The second kappa shape index (κ2) is 2.94. The Morgan fingerprint density at radius 3 is 2.59 bits per heavy atom. The summed E-state index contributed by atoms with van der Waals surface area (Å²) in [5.74, 6) is -0.407. The molecular formula is C11H8F3NO2. The van der Waals surface area contributed by atoms with Crippen molar-refractivity contribution in [1.29, 1.82) is 0 Å². The van der Waals surface area contributed by atoms with Crippen LogP contribution < -0.4 is 10.1 Å². The number of fused-ring (bicyclic) bond motifs is 2. The Morgan fingerprint density at radius 1 is 1.29 bits per heavy atom. The third-order valence-electron chi connectivity index (χ3n) is 3.17. The lowest BCUT2D eigenvalue weighted by Crippen LogP contribution is -2.19. The number of hydrogen-bond acceptors (Lipinski definition) is 2. The van der Waals surface area contributed by atoms with E-state index in [0.29, 0.717) is 24.1 Å². The van der Waals surface area contributed by atoms with Crippen molar-refractivity contribution in [1.82, 2.24) is 0 Å². The van der Waals surface area contributed by atoms with Crippen molar-refractivity contribution in [3.8, 4) is 5.75 Å². The summed E-state index contributed by atoms with van der Waals surface area (Å²) in [5, 5.41) is 2.66. The summed E-state index contributed by atoms with van der Waals surface area (Å²) in [6.07, 6.45) is -3.34. The highest BCUT2D eigenvalue weighted by Gasteiger charge is 2.56. The molecule has 17 heavy (non-hydrogen) atoms. The molecule has 6 heteroatoms. The molecule has 2 aliphatic rings. The van der Waals surface area contributed by atoms with Crippen LogP contribution >= 0.6 is 0 Å². The normalized spacial score (nSPS) is 20.1. The molecule has 0 bridgehead atoms. The van der Waals surface area contributed by atoms with Gasteiger partial charge in [0.2, 0.25) is 5.91 Å². The molecule has 1 saturated carbocycles. The highest BCUT2D eigenvalue weighted by Crippen LogP contribution is 2.55. The average molecular weight is 243 g/mol. The molecule has 0 unspecified atom stereocenters. The van der Waals surface area contributed by atoms with Crippen LogP contribution in [-0.2, 0) is 10.2 Å². The highest BCUT2D eigenvalue weighted by molar-refractivity contribution is 6.08. The largest absolute Gasteiger partial charge is 0.573 e. The van der Waals surface area contributed by atoms with Crippen molar-refractivity contribution in [2.45, 2.75) is 24.6 Å². The van der Waals surface area contributed by atoms with Crippen molar-refractivity contribution in [2.75, 3.05) is 5.32 Å². The second-order valence-corrected chi connectivity index (χ2v) is 4.29. The van der Waals surface area contributed by atoms with Gasteiger partial charge in [-0.1, -0.05) is 0 Å². The number of halogens is 3. The first-order valence-electron chi connectivity index (χ1n) is 5.12. The molecule has 3 rings (SSSR count). The fraction of sp³-hybridized carbons (Fsp3) is 0.364. The topological polar surface area (TPSA) is 38.3 Å². The van der Waals surface area contributed by atoms with Crippen LogP contribution in [0.25, 0.3) is 0 Å². The molecule has 1 aliphatic carbocycles. The lowest BCUT2D eigenvalue weighted by atomic mass is 9.98. The van der Waals surface area contributed by atoms with Crippen LogP contribution in [0.5, 0.6) is 5.75 Å². The van der Waals surface area contributed by atoms with Crippen molar-refractivity contribution < 1.29 is 22.7 Å². The first-order valence-corrected chi connectivity index (χ1v) is 5.12. The number of hydrogen-bond donors (Lipinski definition) is 1. The van der Waals surface area contributed by atoms with Crippen molar-refractivity contribution in [3.63, 3.8) is 0 Å². The van der Waals surface area contributed by atoms with E-state index in [1.807, 2.05) is 0 Å². The van der Waals surface area contributed by atoms with Gasteiger partial charge in [-0.3, -0.25) is 4.79 Å². The Labute approximate surface area is 94.6 Å². The highest BCUT2D eigenvalue weighted by atomic mass is 19.4. The maximum Gasteiger partial charge on any atom is 0.573 e. The molecule has 0 aromatic heterocycles. The van der Waals surface area contributed by atoms with E-state index in [1.54, 1.807) is 0 Å². The number of anilines is 1. The Hall–Kier alpha value is -1.72. The van der Waals surface area contributed by atoms with Crippen molar-refractivity contribution in [2.24, 2.45) is 0 Å². The molecule has 1 amide bonds. The maximum absolute atomic E-state index is 12.1. The van der Waals surface area contributed by atoms with Crippen LogP contribution in [0.4, 0.5) is 18.9 Å². The first kappa shape index (κ1) is 10.4. The van der Waals surface area contributed by atoms with E-state index in [9.17, 15) is 18.0 Å². The van der Waals surface area contributed by atoms with E-state index in [2.05, 4.69) is 10.1 Å². The Bertz CT molecular complexity index is 506. The molecule has 3 nitrogen and oxygen atoms in total. The van der Waals surface area contributed by atoms with E-state index >= 15 is 0 Å². The van der Waals surface area contributed by atoms with Gasteiger partial charge in [-0.2, -0.15) is 0 Å². The molecule has 1 aromatic rings. The molecule has 1 N–H and O–H groups in total. The zero-order valence-corrected chi connectivity index (χ0v) is 8.60. The summed E-state index contributed by atoms with van der Waals surface area (Å²) in [4.78, 5) is 11.6. The lowest BCUT2D eigenvalue weighted by molar-refractivity contribution is -0.274. The molecule has 1 fully saturated rings. The number of nitrogens with one attached hydrogen (secondary N) is 1. The van der Waals surface area contributed by atoms with Crippen LogP contribution in [0.15, 0.2) is 18.2 Å². The van der Waals surface area contributed by atoms with Gasteiger partial charge in [0.05, 0.1) is 5.41 Å². The average Bonchev–Trinajstić information content (AvgIpc) is 2.93. The summed E-state index contributed by atoms with van der Waals surface area (Å²) in [5.41, 5.74) is 0.603. The van der Waals surface area contributed by atoms with Gasteiger partial charge in [0.25, 0.3) is 0 Å². The molecular weight excluding hydrogens is 235 g/mol. The second-order valence-electron chi connectivity index (χ2n) is 4.29. The molecule has 0 radical (unpaired) electrons. The monoisotopic (exact) mass is 243 g/mol. The number of benzene rings is 1. The van der Waals surface area contributed by atoms with E-state index in [-0.39, 0.29) is 11.7 Å². The number of carbonyl (C=O) groups excluding carboxylic acids is 1. The minimum Gasteiger partial charge on any atom is -0.406 e. The van der Waals surface area contributed by atoms with Gasteiger partial charge in [0, 0.05) is 5.69 Å². The molecule has 1 spiro atoms. The molecule has 1 heterocycles. The number of alkyl halides is 3. The fourth-order valence-electron chi connectivity index (χ4n) is 2.21. The van der Waals surface area contributed by atoms with E-state index < -0.39 is 11.8 Å². The van der Waals surface area contributed by atoms with Gasteiger partial charge < -0.3 is 10.1 Å². The van der Waals surface area contributed by atoms with Gasteiger partial charge in [-0.25, -0.2) is 0 Å². The fourth-order valence-corrected chi connectivity index (χ4v) is 2.21. The molecule has 90 valence electrons. The SMILES string of the molecule is O=C1Nc2ccc(OC(F)(F)F)cc2C12CC2. The van der Waals surface area contributed by atoms with E-state index in [4.69, 9.17) is 0 Å². The van der Waals surface area contributed by atoms with Gasteiger partial charge in [-0.15, -0.1) is 13.2 Å². The minimum atomic E-state index is -4.71. The number of carbonyl (C=O) groups is 1. The predicted molar refractivity (Wildman–Crippen MR) is 52.7 cm³/mol. The summed E-state index contributed by atoms with van der Waals surface area (Å²) in [7, 11) is 0. The number of ether oxygens (including phenoxy) is 1. The number of rotatable bonds is 1. The van der Waals surface area contributed by atoms with Crippen LogP contribution in [-0.4, -0.2) is 12.3 Å². The van der Waals surface area contributed by atoms with Gasteiger partial charge in [0.15, 0.2) is 0 Å². The quantitative estimate of drug-likeness (QED) is 0.823. The smallest absolute Gasteiger partial charge is 0.406 e. The van der Waals surface area contributed by atoms with Crippen LogP contribution in [0.2, 0.25) is 0 Å².